The summed E-state index contributed by atoms with van der Waals surface area (Å²) in [6.07, 6.45) is 2.22. The fraction of sp³-hybridized carbons (Fsp3) is 0.700. The maximum atomic E-state index is 5.63. The molecule has 0 amide bonds. The van der Waals surface area contributed by atoms with Crippen molar-refractivity contribution in [2.24, 2.45) is 0 Å². The van der Waals surface area contributed by atoms with Crippen LogP contribution < -0.4 is 5.32 Å². The van der Waals surface area contributed by atoms with E-state index in [0.29, 0.717) is 11.6 Å². The normalized spacial score (nSPS) is 11.1. The first-order valence-electron chi connectivity index (χ1n) is 4.73. The van der Waals surface area contributed by atoms with Crippen molar-refractivity contribution in [1.29, 1.82) is 0 Å². The second kappa shape index (κ2) is 6.70. The highest BCUT2D eigenvalue weighted by molar-refractivity contribution is 8.23. The van der Waals surface area contributed by atoms with Crippen molar-refractivity contribution in [3.05, 3.63) is 11.6 Å². The van der Waals surface area contributed by atoms with Crippen molar-refractivity contribution in [2.45, 2.75) is 38.4 Å². The topological polar surface area (TPSA) is 12.0 Å². The Balaban J connectivity index is 3.97. The average molecular weight is 252 g/mol. The van der Waals surface area contributed by atoms with E-state index in [1.165, 1.54) is 0 Å². The van der Waals surface area contributed by atoms with Gasteiger partial charge in [-0.05, 0) is 12.8 Å². The molecular weight excluding hydrogens is 234 g/mol. The summed E-state index contributed by atoms with van der Waals surface area (Å²) in [7, 11) is 0. The van der Waals surface area contributed by atoms with Gasteiger partial charge in [-0.1, -0.05) is 62.9 Å². The van der Waals surface area contributed by atoms with Gasteiger partial charge in [0.1, 0.15) is 4.32 Å². The molecule has 0 radical (unpaired) electrons. The van der Waals surface area contributed by atoms with E-state index in [4.69, 9.17) is 23.8 Å². The van der Waals surface area contributed by atoms with Crippen molar-refractivity contribution in [1.82, 2.24) is 5.32 Å². The molecule has 0 fully saturated rings. The van der Waals surface area contributed by atoms with Gasteiger partial charge in [-0.2, -0.15) is 0 Å². The van der Waals surface area contributed by atoms with E-state index >= 15 is 0 Å². The molecule has 1 nitrogen and oxygen atoms in total. The SMILES string of the molecule is C=C(Cl)CNC(=S)SC(C)(CC)CC. The number of thioether (sulfide) groups is 1. The Morgan fingerprint density at radius 1 is 1.50 bits per heavy atom. The van der Waals surface area contributed by atoms with E-state index in [2.05, 4.69) is 32.7 Å². The van der Waals surface area contributed by atoms with Gasteiger partial charge in [-0.15, -0.1) is 0 Å². The molecule has 0 aliphatic heterocycles. The summed E-state index contributed by atoms with van der Waals surface area (Å²) in [4.78, 5) is 0. The zero-order valence-electron chi connectivity index (χ0n) is 9.02. The molecular formula is C10H18ClNS2. The third kappa shape index (κ3) is 5.89. The molecule has 0 unspecified atom stereocenters. The molecule has 0 atom stereocenters. The van der Waals surface area contributed by atoms with E-state index in [1.54, 1.807) is 11.8 Å². The van der Waals surface area contributed by atoms with Gasteiger partial charge in [0.05, 0.1) is 6.54 Å². The van der Waals surface area contributed by atoms with Crippen molar-refractivity contribution in [3.63, 3.8) is 0 Å². The van der Waals surface area contributed by atoms with Crippen LogP contribution in [0.5, 0.6) is 0 Å². The Morgan fingerprint density at radius 3 is 2.36 bits per heavy atom. The molecule has 0 aromatic heterocycles. The lowest BCUT2D eigenvalue weighted by molar-refractivity contribution is 0.603. The lowest BCUT2D eigenvalue weighted by atomic mass is 10.1. The van der Waals surface area contributed by atoms with Crippen LogP contribution in [0.15, 0.2) is 11.6 Å². The summed E-state index contributed by atoms with van der Waals surface area (Å²) in [5.41, 5.74) is 0. The van der Waals surface area contributed by atoms with Crippen molar-refractivity contribution >= 4 is 39.9 Å². The van der Waals surface area contributed by atoms with Crippen molar-refractivity contribution < 1.29 is 0 Å². The Morgan fingerprint density at radius 2 is 2.00 bits per heavy atom. The smallest absolute Gasteiger partial charge is 0.134 e. The maximum absolute atomic E-state index is 5.63. The van der Waals surface area contributed by atoms with E-state index in [0.717, 1.165) is 17.2 Å². The van der Waals surface area contributed by atoms with Gasteiger partial charge >= 0.3 is 0 Å². The van der Waals surface area contributed by atoms with E-state index in [1.807, 2.05) is 0 Å². The highest BCUT2D eigenvalue weighted by Gasteiger charge is 2.22. The summed E-state index contributed by atoms with van der Waals surface area (Å²) < 4.78 is 1.04. The zero-order chi connectivity index (χ0) is 11.2. The third-order valence-electron chi connectivity index (χ3n) is 2.26. The summed E-state index contributed by atoms with van der Waals surface area (Å²) in [6, 6.07) is 0. The Labute approximate surface area is 102 Å². The number of nitrogens with one attached hydrogen (secondary N) is 1. The Kier molecular flexibility index (Phi) is 6.83. The number of halogens is 1. The minimum Gasteiger partial charge on any atom is -0.366 e. The fourth-order valence-electron chi connectivity index (χ4n) is 0.822. The molecule has 0 rings (SSSR count). The highest BCUT2D eigenvalue weighted by Crippen LogP contribution is 2.32. The number of rotatable bonds is 5. The van der Waals surface area contributed by atoms with Gasteiger partial charge < -0.3 is 5.32 Å². The summed E-state index contributed by atoms with van der Waals surface area (Å²) in [6.45, 7) is 10.7. The molecule has 0 aromatic rings. The molecule has 0 aliphatic carbocycles. The van der Waals surface area contributed by atoms with Gasteiger partial charge in [0.2, 0.25) is 0 Å². The van der Waals surface area contributed by atoms with Gasteiger partial charge in [0.15, 0.2) is 0 Å². The van der Waals surface area contributed by atoms with Crippen molar-refractivity contribution in [2.75, 3.05) is 6.54 Å². The average Bonchev–Trinajstić information content (AvgIpc) is 2.14. The number of hydrogen-bond acceptors (Lipinski definition) is 2. The largest absolute Gasteiger partial charge is 0.366 e. The standard InChI is InChI=1S/C10H18ClNS2/c1-5-10(4,6-2)14-9(13)12-7-8(3)11/h3,5-7H2,1-2,4H3,(H,12,13). The Hall–Kier alpha value is 0.270. The van der Waals surface area contributed by atoms with Crippen molar-refractivity contribution in [3.8, 4) is 0 Å². The summed E-state index contributed by atoms with van der Waals surface area (Å²) in [5, 5.41) is 3.66. The minimum atomic E-state index is 0.234. The second-order valence-corrected chi connectivity index (χ2v) is 6.22. The first-order chi connectivity index (χ1) is 6.43. The lowest BCUT2D eigenvalue weighted by Crippen LogP contribution is -2.27. The molecule has 4 heteroatoms. The quantitative estimate of drug-likeness (QED) is 0.744. The number of thiocarbonyl (C=S) groups is 1. The van der Waals surface area contributed by atoms with Gasteiger partial charge in [-0.25, -0.2) is 0 Å². The molecule has 82 valence electrons. The summed E-state index contributed by atoms with van der Waals surface area (Å²) in [5.74, 6) is 0. The van der Waals surface area contributed by atoms with Gasteiger partial charge in [0, 0.05) is 9.78 Å². The summed E-state index contributed by atoms with van der Waals surface area (Å²) >= 11 is 12.5. The zero-order valence-corrected chi connectivity index (χ0v) is 11.4. The molecule has 0 saturated carbocycles. The number of hydrogen-bond donors (Lipinski definition) is 1. The highest BCUT2D eigenvalue weighted by atomic mass is 35.5. The predicted octanol–water partition coefficient (Wildman–Crippen LogP) is 3.93. The Bertz CT molecular complexity index is 212. The fourth-order valence-corrected chi connectivity index (χ4v) is 2.45. The molecule has 0 bridgehead atoms. The first kappa shape index (κ1) is 14.3. The van der Waals surface area contributed by atoms with Crippen LogP contribution in [0.25, 0.3) is 0 Å². The van der Waals surface area contributed by atoms with Gasteiger partial charge in [0.25, 0.3) is 0 Å². The van der Waals surface area contributed by atoms with E-state index in [-0.39, 0.29) is 4.75 Å². The molecule has 0 heterocycles. The maximum Gasteiger partial charge on any atom is 0.134 e. The van der Waals surface area contributed by atoms with Crippen LogP contribution in [-0.2, 0) is 0 Å². The third-order valence-corrected chi connectivity index (χ3v) is 4.19. The van der Waals surface area contributed by atoms with Crippen LogP contribution in [0.1, 0.15) is 33.6 Å². The molecule has 0 aliphatic rings. The molecule has 1 N–H and O–H groups in total. The molecule has 0 spiro atoms. The molecule has 0 saturated heterocycles. The predicted molar refractivity (Wildman–Crippen MR) is 72.2 cm³/mol. The van der Waals surface area contributed by atoms with Crippen LogP contribution in [0.3, 0.4) is 0 Å². The molecule has 0 aromatic carbocycles. The van der Waals surface area contributed by atoms with Crippen LogP contribution in [0.2, 0.25) is 0 Å². The first-order valence-corrected chi connectivity index (χ1v) is 6.34. The van der Waals surface area contributed by atoms with Crippen LogP contribution in [-0.4, -0.2) is 15.6 Å². The lowest BCUT2D eigenvalue weighted by Gasteiger charge is -2.26. The van der Waals surface area contributed by atoms with E-state index in [9.17, 15) is 0 Å². The van der Waals surface area contributed by atoms with Crippen LogP contribution in [0.4, 0.5) is 0 Å². The minimum absolute atomic E-state index is 0.234. The van der Waals surface area contributed by atoms with Crippen LogP contribution in [0, 0.1) is 0 Å². The molecule has 14 heavy (non-hydrogen) atoms. The van der Waals surface area contributed by atoms with Crippen LogP contribution >= 0.6 is 35.6 Å². The monoisotopic (exact) mass is 251 g/mol. The second-order valence-electron chi connectivity index (χ2n) is 3.42. The van der Waals surface area contributed by atoms with E-state index < -0.39 is 0 Å². The van der Waals surface area contributed by atoms with Gasteiger partial charge in [-0.3, -0.25) is 0 Å².